The van der Waals surface area contributed by atoms with Gasteiger partial charge in [-0.3, -0.25) is 20.2 Å². The van der Waals surface area contributed by atoms with E-state index in [9.17, 15) is 29.8 Å². The van der Waals surface area contributed by atoms with E-state index < -0.39 is 38.7 Å². The van der Waals surface area contributed by atoms with Gasteiger partial charge in [0.2, 0.25) is 0 Å². The average Bonchev–Trinajstić information content (AvgIpc) is 3.01. The van der Waals surface area contributed by atoms with Crippen molar-refractivity contribution in [1.82, 2.24) is 0 Å². The van der Waals surface area contributed by atoms with Crippen molar-refractivity contribution in [2.75, 3.05) is 88.4 Å². The van der Waals surface area contributed by atoms with Gasteiger partial charge in [-0.2, -0.15) is 0 Å². The number of hydrogen-bond donors (Lipinski definition) is 1. The smallest absolute Gasteiger partial charge is 0.345 e. The highest BCUT2D eigenvalue weighted by molar-refractivity contribution is 5.95. The number of carbonyl (C=O) groups is 2. The van der Waals surface area contributed by atoms with Gasteiger partial charge >= 0.3 is 11.9 Å². The molecule has 0 radical (unpaired) electrons. The molecule has 0 amide bonds. The zero-order valence-corrected chi connectivity index (χ0v) is 25.4. The van der Waals surface area contributed by atoms with E-state index in [2.05, 4.69) is 4.74 Å². The number of nitro groups is 2. The molecular weight excluding hydrogens is 608 g/mol. The molecule has 0 atom stereocenters. The minimum Gasteiger partial charge on any atom is -0.487 e. The second-order valence-corrected chi connectivity index (χ2v) is 8.31. The lowest BCUT2D eigenvalue weighted by Crippen LogP contribution is -2.11. The van der Waals surface area contributed by atoms with Crippen molar-refractivity contribution in [1.29, 1.82) is 0 Å². The quantitative estimate of drug-likeness (QED) is 0.0946. The fraction of sp³-hybridized carbons (Fsp3) is 0.481. The maximum atomic E-state index is 11.7. The average molecular weight is 645 g/mol. The number of methoxy groups -OCH3 is 5. The molecule has 0 aliphatic carbocycles. The topological polar surface area (TPSA) is 224 Å². The summed E-state index contributed by atoms with van der Waals surface area (Å²) in [6, 6.07) is 4.45. The summed E-state index contributed by atoms with van der Waals surface area (Å²) in [5.41, 5.74) is -1.69. The highest BCUT2D eigenvalue weighted by atomic mass is 16.6. The highest BCUT2D eigenvalue weighted by Crippen LogP contribution is 2.36. The van der Waals surface area contributed by atoms with E-state index in [-0.39, 0.29) is 68.2 Å². The van der Waals surface area contributed by atoms with Gasteiger partial charge in [0.25, 0.3) is 11.4 Å². The van der Waals surface area contributed by atoms with E-state index in [1.165, 1.54) is 34.5 Å². The van der Waals surface area contributed by atoms with Gasteiger partial charge in [0.05, 0.1) is 55.5 Å². The van der Waals surface area contributed by atoms with Crippen molar-refractivity contribution >= 4 is 23.3 Å². The molecule has 0 saturated carbocycles. The Morgan fingerprint density at radius 1 is 0.578 bits per heavy atom. The minimum atomic E-state index is -1.42. The summed E-state index contributed by atoms with van der Waals surface area (Å²) in [6.45, 7) is 1.80. The Morgan fingerprint density at radius 3 is 1.18 bits per heavy atom. The van der Waals surface area contributed by atoms with E-state index in [0.717, 1.165) is 25.3 Å². The molecule has 2 aromatic carbocycles. The summed E-state index contributed by atoms with van der Waals surface area (Å²) in [5, 5.41) is 31.2. The molecule has 0 spiro atoms. The number of nitrogens with zero attached hydrogens (tertiary/aromatic N) is 2. The molecule has 0 aliphatic rings. The SMILES string of the molecule is COCCOc1cc(C(=O)O)c([N+](=O)[O-])cc1OCCOC.COCCOc1cc(C(=O)OC)c([N+](=O)[O-])cc1OCCOC. The molecule has 18 nitrogen and oxygen atoms in total. The van der Waals surface area contributed by atoms with E-state index in [1.807, 2.05) is 0 Å². The number of benzene rings is 2. The zero-order valence-electron chi connectivity index (χ0n) is 25.4. The van der Waals surface area contributed by atoms with Crippen molar-refractivity contribution in [3.63, 3.8) is 0 Å². The number of ether oxygens (including phenoxy) is 9. The van der Waals surface area contributed by atoms with Gasteiger partial charge in [-0.25, -0.2) is 9.59 Å². The fourth-order valence-electron chi connectivity index (χ4n) is 3.24. The summed E-state index contributed by atoms with van der Waals surface area (Å²) >= 11 is 0. The standard InChI is InChI=1S/C14H19NO8.C13H17NO8/c1-19-4-6-22-12-8-10(14(16)21-3)11(15(17)18)9-13(12)23-7-5-20-2;1-19-3-5-21-11-7-9(13(15)16)10(14(17)18)8-12(11)22-6-4-20-2/h8-9H,4-7H2,1-3H3;7-8H,3-6H2,1-2H3,(H,15,16). The second-order valence-electron chi connectivity index (χ2n) is 8.31. The summed E-state index contributed by atoms with van der Waals surface area (Å²) in [7, 11) is 7.12. The molecule has 0 aromatic heterocycles. The number of aromatic carboxylic acids is 1. The summed E-state index contributed by atoms with van der Waals surface area (Å²) < 4.78 is 45.5. The molecular formula is C27H36N2O16. The van der Waals surface area contributed by atoms with E-state index in [4.69, 9.17) is 43.0 Å². The lowest BCUT2D eigenvalue weighted by molar-refractivity contribution is -0.385. The number of hydrogen-bond acceptors (Lipinski definition) is 15. The Hall–Kier alpha value is -4.78. The normalized spacial score (nSPS) is 10.2. The molecule has 0 saturated heterocycles. The first kappa shape index (κ1) is 38.2. The maximum Gasteiger partial charge on any atom is 0.345 e. The number of carbonyl (C=O) groups excluding carboxylic acids is 1. The third kappa shape index (κ3) is 12.8. The van der Waals surface area contributed by atoms with Crippen LogP contribution in [0, 0.1) is 20.2 Å². The van der Waals surface area contributed by atoms with Crippen molar-refractivity contribution in [3.8, 4) is 23.0 Å². The molecule has 0 fully saturated rings. The Labute approximate surface area is 257 Å². The highest BCUT2D eigenvalue weighted by Gasteiger charge is 2.26. The van der Waals surface area contributed by atoms with Crippen molar-refractivity contribution in [3.05, 3.63) is 55.6 Å². The first-order chi connectivity index (χ1) is 21.6. The Bertz CT molecular complexity index is 1220. The largest absolute Gasteiger partial charge is 0.487 e. The van der Waals surface area contributed by atoms with Crippen molar-refractivity contribution < 1.29 is 67.2 Å². The molecule has 0 unspecified atom stereocenters. The Morgan fingerprint density at radius 2 is 0.889 bits per heavy atom. The third-order valence-electron chi connectivity index (χ3n) is 5.33. The fourth-order valence-corrected chi connectivity index (χ4v) is 3.24. The molecule has 0 heterocycles. The number of carboxylic acids is 1. The summed E-state index contributed by atoms with van der Waals surface area (Å²) in [4.78, 5) is 43.5. The van der Waals surface area contributed by atoms with E-state index in [0.29, 0.717) is 13.2 Å². The van der Waals surface area contributed by atoms with Gasteiger partial charge in [0.1, 0.15) is 37.6 Å². The molecule has 1 N–H and O–H groups in total. The van der Waals surface area contributed by atoms with E-state index in [1.54, 1.807) is 0 Å². The molecule has 250 valence electrons. The van der Waals surface area contributed by atoms with Crippen LogP contribution < -0.4 is 18.9 Å². The van der Waals surface area contributed by atoms with Crippen LogP contribution in [0.5, 0.6) is 23.0 Å². The molecule has 45 heavy (non-hydrogen) atoms. The lowest BCUT2D eigenvalue weighted by Gasteiger charge is -2.14. The predicted octanol–water partition coefficient (Wildman–Crippen LogP) is 2.78. The predicted molar refractivity (Wildman–Crippen MR) is 154 cm³/mol. The van der Waals surface area contributed by atoms with Crippen LogP contribution in [0.2, 0.25) is 0 Å². The Kier molecular flexibility index (Phi) is 17.9. The number of rotatable bonds is 20. The van der Waals surface area contributed by atoms with Crippen LogP contribution in [0.3, 0.4) is 0 Å². The van der Waals surface area contributed by atoms with Gasteiger partial charge in [-0.1, -0.05) is 0 Å². The lowest BCUT2D eigenvalue weighted by atomic mass is 10.1. The van der Waals surface area contributed by atoms with Gasteiger partial charge < -0.3 is 47.7 Å². The monoisotopic (exact) mass is 644 g/mol. The van der Waals surface area contributed by atoms with Crippen LogP contribution in [0.25, 0.3) is 0 Å². The van der Waals surface area contributed by atoms with Crippen molar-refractivity contribution in [2.24, 2.45) is 0 Å². The molecule has 0 bridgehead atoms. The summed E-state index contributed by atoms with van der Waals surface area (Å²) in [6.07, 6.45) is 0. The third-order valence-corrected chi connectivity index (χ3v) is 5.33. The summed E-state index contributed by atoms with van der Waals surface area (Å²) in [5.74, 6) is -1.77. The first-order valence-electron chi connectivity index (χ1n) is 13.0. The molecule has 2 rings (SSSR count). The van der Waals surface area contributed by atoms with E-state index >= 15 is 0 Å². The minimum absolute atomic E-state index is 0.0739. The molecule has 18 heteroatoms. The number of carboxylic acid groups (broad SMARTS) is 1. The van der Waals surface area contributed by atoms with Gasteiger partial charge in [0.15, 0.2) is 23.0 Å². The molecule has 0 aliphatic heterocycles. The van der Waals surface area contributed by atoms with Crippen LogP contribution >= 0.6 is 0 Å². The number of esters is 1. The number of nitro benzene ring substituents is 2. The first-order valence-corrected chi connectivity index (χ1v) is 13.0. The van der Waals surface area contributed by atoms with Crippen LogP contribution in [0.15, 0.2) is 24.3 Å². The second kappa shape index (κ2) is 21.0. The van der Waals surface area contributed by atoms with Gasteiger partial charge in [-0.05, 0) is 0 Å². The zero-order chi connectivity index (χ0) is 33.8. The van der Waals surface area contributed by atoms with Crippen molar-refractivity contribution in [2.45, 2.75) is 0 Å². The molecule has 2 aromatic rings. The van der Waals surface area contributed by atoms with Crippen LogP contribution in [0.4, 0.5) is 11.4 Å². The Balaban J connectivity index is 0.000000450. The van der Waals surface area contributed by atoms with Gasteiger partial charge in [-0.15, -0.1) is 0 Å². The van der Waals surface area contributed by atoms with Crippen LogP contribution in [-0.2, 0) is 23.7 Å². The maximum absolute atomic E-state index is 11.7. The van der Waals surface area contributed by atoms with Gasteiger partial charge in [0, 0.05) is 40.6 Å². The van der Waals surface area contributed by atoms with Crippen LogP contribution in [0.1, 0.15) is 20.7 Å². The van der Waals surface area contributed by atoms with Crippen LogP contribution in [-0.4, -0.2) is 115 Å².